The number of carbonyl (C=O) groups is 1. The molecule has 1 amide bonds. The van der Waals surface area contributed by atoms with Crippen LogP contribution in [0.5, 0.6) is 5.75 Å². The second-order valence-electron chi connectivity index (χ2n) is 7.87. The fourth-order valence-corrected chi connectivity index (χ4v) is 4.42. The Morgan fingerprint density at radius 1 is 1.07 bits per heavy atom. The van der Waals surface area contributed by atoms with Gasteiger partial charge in [0, 0.05) is 49.7 Å². The molecule has 4 rings (SSSR count). The number of benzene rings is 1. The molecule has 1 aliphatic carbocycles. The Morgan fingerprint density at radius 2 is 1.86 bits per heavy atom. The molecule has 28 heavy (non-hydrogen) atoms. The first-order chi connectivity index (χ1) is 13.6. The van der Waals surface area contributed by atoms with E-state index in [0.717, 1.165) is 38.0 Å². The molecule has 1 saturated heterocycles. The highest BCUT2D eigenvalue weighted by atomic mass is 16.5. The molecule has 1 unspecified atom stereocenters. The van der Waals surface area contributed by atoms with Crippen molar-refractivity contribution in [1.29, 1.82) is 0 Å². The van der Waals surface area contributed by atoms with Crippen LogP contribution in [-0.2, 0) is 4.79 Å². The van der Waals surface area contributed by atoms with Gasteiger partial charge in [-0.15, -0.1) is 0 Å². The predicted molar refractivity (Wildman–Crippen MR) is 108 cm³/mol. The van der Waals surface area contributed by atoms with Crippen molar-refractivity contribution in [2.75, 3.05) is 26.2 Å². The summed E-state index contributed by atoms with van der Waals surface area (Å²) < 4.78 is 11.1. The number of fused-ring (bicyclic) bond motifs is 1. The molecule has 2 heterocycles. The molecular weight excluding hydrogens is 356 g/mol. The molecule has 1 aliphatic heterocycles. The zero-order valence-corrected chi connectivity index (χ0v) is 16.4. The molecule has 6 heteroatoms. The summed E-state index contributed by atoms with van der Waals surface area (Å²) in [5, 5.41) is 0.824. The first kappa shape index (κ1) is 19.0. The molecule has 0 radical (unpaired) electrons. The van der Waals surface area contributed by atoms with Gasteiger partial charge in [0.2, 0.25) is 0 Å². The standard InChI is InChI=1S/C22H28N2O4/c1-16(27-19-9-7-17-8-10-21(25)28-20(17)15-19)22(26)24-12-4-11-23(13-14-24)18-5-2-3-6-18/h7-10,15-16,18H,2-6,11-14H2,1H3. The van der Waals surface area contributed by atoms with E-state index in [1.165, 1.54) is 31.7 Å². The highest BCUT2D eigenvalue weighted by Gasteiger charge is 2.28. The minimum Gasteiger partial charge on any atom is -0.481 e. The van der Waals surface area contributed by atoms with E-state index in [0.29, 0.717) is 17.4 Å². The number of carbonyl (C=O) groups excluding carboxylic acids is 1. The fraction of sp³-hybridized carbons (Fsp3) is 0.545. The Labute approximate surface area is 165 Å². The number of nitrogens with zero attached hydrogens (tertiary/aromatic N) is 2. The van der Waals surface area contributed by atoms with Gasteiger partial charge in [0.25, 0.3) is 5.91 Å². The fourth-order valence-electron chi connectivity index (χ4n) is 4.42. The molecule has 1 aromatic heterocycles. The Kier molecular flexibility index (Phi) is 5.67. The van der Waals surface area contributed by atoms with Crippen LogP contribution < -0.4 is 10.4 Å². The summed E-state index contributed by atoms with van der Waals surface area (Å²) in [4.78, 5) is 28.8. The summed E-state index contributed by atoms with van der Waals surface area (Å²) in [5.74, 6) is 0.549. The van der Waals surface area contributed by atoms with Crippen LogP contribution in [0.4, 0.5) is 0 Å². The minimum atomic E-state index is -0.578. The highest BCUT2D eigenvalue weighted by Crippen LogP contribution is 2.25. The van der Waals surface area contributed by atoms with Gasteiger partial charge in [-0.1, -0.05) is 12.8 Å². The van der Waals surface area contributed by atoms with Gasteiger partial charge in [0.05, 0.1) is 0 Å². The van der Waals surface area contributed by atoms with Crippen LogP contribution in [0.15, 0.2) is 39.5 Å². The van der Waals surface area contributed by atoms with Crippen molar-refractivity contribution in [3.05, 3.63) is 40.8 Å². The van der Waals surface area contributed by atoms with E-state index < -0.39 is 11.7 Å². The van der Waals surface area contributed by atoms with Crippen LogP contribution in [0.2, 0.25) is 0 Å². The number of rotatable bonds is 4. The Hall–Kier alpha value is -2.34. The van der Waals surface area contributed by atoms with Crippen molar-refractivity contribution < 1.29 is 13.9 Å². The molecule has 150 valence electrons. The van der Waals surface area contributed by atoms with E-state index in [2.05, 4.69) is 4.90 Å². The lowest BCUT2D eigenvalue weighted by Crippen LogP contribution is -2.43. The zero-order chi connectivity index (χ0) is 19.5. The largest absolute Gasteiger partial charge is 0.481 e. The maximum absolute atomic E-state index is 12.9. The van der Waals surface area contributed by atoms with Gasteiger partial charge in [-0.05, 0) is 44.4 Å². The van der Waals surface area contributed by atoms with Crippen molar-refractivity contribution in [3.63, 3.8) is 0 Å². The molecule has 0 bridgehead atoms. The third-order valence-corrected chi connectivity index (χ3v) is 5.94. The lowest BCUT2D eigenvalue weighted by Gasteiger charge is -2.28. The predicted octanol–water partition coefficient (Wildman–Crippen LogP) is 3.04. The third-order valence-electron chi connectivity index (χ3n) is 5.94. The lowest BCUT2D eigenvalue weighted by molar-refractivity contribution is -0.137. The van der Waals surface area contributed by atoms with Gasteiger partial charge in [0.15, 0.2) is 6.10 Å². The smallest absolute Gasteiger partial charge is 0.336 e. The molecule has 2 aliphatic rings. The van der Waals surface area contributed by atoms with Crippen molar-refractivity contribution in [3.8, 4) is 5.75 Å². The van der Waals surface area contributed by atoms with Gasteiger partial charge in [-0.2, -0.15) is 0 Å². The normalized spacial score (nSPS) is 20.2. The maximum atomic E-state index is 12.9. The molecule has 1 saturated carbocycles. The summed E-state index contributed by atoms with van der Waals surface area (Å²) in [6.07, 6.45) is 5.69. The second-order valence-corrected chi connectivity index (χ2v) is 7.87. The van der Waals surface area contributed by atoms with E-state index in [4.69, 9.17) is 9.15 Å². The van der Waals surface area contributed by atoms with Crippen LogP contribution in [-0.4, -0.2) is 54.0 Å². The van der Waals surface area contributed by atoms with Crippen LogP contribution >= 0.6 is 0 Å². The van der Waals surface area contributed by atoms with Crippen LogP contribution in [0, 0.1) is 0 Å². The average Bonchev–Trinajstić information content (AvgIpc) is 3.12. The molecule has 2 aromatic rings. The lowest BCUT2D eigenvalue weighted by atomic mass is 10.2. The Morgan fingerprint density at radius 3 is 2.68 bits per heavy atom. The third kappa shape index (κ3) is 4.22. The summed E-state index contributed by atoms with van der Waals surface area (Å²) in [6.45, 7) is 5.35. The van der Waals surface area contributed by atoms with Gasteiger partial charge >= 0.3 is 5.63 Å². The van der Waals surface area contributed by atoms with E-state index >= 15 is 0 Å². The minimum absolute atomic E-state index is 0.0166. The quantitative estimate of drug-likeness (QED) is 0.758. The maximum Gasteiger partial charge on any atom is 0.336 e. The summed E-state index contributed by atoms with van der Waals surface area (Å²) >= 11 is 0. The van der Waals surface area contributed by atoms with Crippen LogP contribution in [0.3, 0.4) is 0 Å². The van der Waals surface area contributed by atoms with Crippen molar-refractivity contribution >= 4 is 16.9 Å². The van der Waals surface area contributed by atoms with Crippen molar-refractivity contribution in [2.45, 2.75) is 51.2 Å². The summed E-state index contributed by atoms with van der Waals surface area (Å²) in [7, 11) is 0. The Balaban J connectivity index is 1.38. The summed E-state index contributed by atoms with van der Waals surface area (Å²) in [6, 6.07) is 9.11. The topological polar surface area (TPSA) is 63.0 Å². The van der Waals surface area contributed by atoms with E-state index in [-0.39, 0.29) is 5.91 Å². The SMILES string of the molecule is CC(Oc1ccc2ccc(=O)oc2c1)C(=O)N1CCCN(C2CCCC2)CC1. The average molecular weight is 384 g/mol. The van der Waals surface area contributed by atoms with E-state index in [9.17, 15) is 9.59 Å². The molecule has 0 spiro atoms. The van der Waals surface area contributed by atoms with Crippen LogP contribution in [0.25, 0.3) is 11.0 Å². The summed E-state index contributed by atoms with van der Waals surface area (Å²) in [5.41, 5.74) is 0.0665. The van der Waals surface area contributed by atoms with Gasteiger partial charge in [-0.25, -0.2) is 4.79 Å². The monoisotopic (exact) mass is 384 g/mol. The van der Waals surface area contributed by atoms with E-state index in [1.807, 2.05) is 11.0 Å². The molecule has 2 fully saturated rings. The molecule has 1 aromatic carbocycles. The number of ether oxygens (including phenoxy) is 1. The van der Waals surface area contributed by atoms with Gasteiger partial charge in [0.1, 0.15) is 11.3 Å². The molecule has 1 atom stereocenters. The Bertz CT molecular complexity index is 887. The van der Waals surface area contributed by atoms with Gasteiger partial charge < -0.3 is 14.1 Å². The van der Waals surface area contributed by atoms with E-state index in [1.54, 1.807) is 25.1 Å². The number of hydrogen-bond donors (Lipinski definition) is 0. The van der Waals surface area contributed by atoms with Gasteiger partial charge in [-0.3, -0.25) is 9.69 Å². The zero-order valence-electron chi connectivity index (χ0n) is 16.4. The molecule has 0 N–H and O–H groups in total. The van der Waals surface area contributed by atoms with Crippen LogP contribution in [0.1, 0.15) is 39.0 Å². The number of hydrogen-bond acceptors (Lipinski definition) is 5. The highest BCUT2D eigenvalue weighted by molar-refractivity contribution is 5.81. The second kappa shape index (κ2) is 8.35. The van der Waals surface area contributed by atoms with Crippen molar-refractivity contribution in [1.82, 2.24) is 9.80 Å². The van der Waals surface area contributed by atoms with Crippen molar-refractivity contribution in [2.24, 2.45) is 0 Å². The molecule has 6 nitrogen and oxygen atoms in total. The number of amides is 1. The first-order valence-electron chi connectivity index (χ1n) is 10.3. The first-order valence-corrected chi connectivity index (χ1v) is 10.3. The molecular formula is C22H28N2O4.